The summed E-state index contributed by atoms with van der Waals surface area (Å²) in [5.74, 6) is 0.415. The van der Waals surface area contributed by atoms with Crippen molar-refractivity contribution in [2.24, 2.45) is 0 Å². The van der Waals surface area contributed by atoms with Crippen LogP contribution in [0.4, 0.5) is 14.6 Å². The predicted molar refractivity (Wildman–Crippen MR) is 131 cm³/mol. The number of anilines is 1. The molecule has 3 aliphatic rings. The van der Waals surface area contributed by atoms with E-state index < -0.39 is 12.0 Å². The van der Waals surface area contributed by atoms with Crippen molar-refractivity contribution in [3.05, 3.63) is 42.5 Å². The van der Waals surface area contributed by atoms with E-state index in [0.29, 0.717) is 33.6 Å². The number of hydrogen-bond donors (Lipinski definition) is 2. The van der Waals surface area contributed by atoms with Gasteiger partial charge in [0.15, 0.2) is 17.5 Å². The van der Waals surface area contributed by atoms with Crippen molar-refractivity contribution in [3.8, 4) is 28.3 Å². The Bertz CT molecular complexity index is 1240. The molecule has 0 unspecified atom stereocenters. The highest BCUT2D eigenvalue weighted by Gasteiger charge is 2.48. The van der Waals surface area contributed by atoms with Crippen molar-refractivity contribution >= 4 is 17.6 Å². The molecule has 2 aliphatic heterocycles. The van der Waals surface area contributed by atoms with Crippen LogP contribution in [0.3, 0.4) is 0 Å². The molecule has 10 heteroatoms. The number of rotatable bonds is 6. The van der Waals surface area contributed by atoms with Gasteiger partial charge >= 0.3 is 0 Å². The maximum Gasteiger partial charge on any atom is 0.185 e. The maximum atomic E-state index is 15.3. The van der Waals surface area contributed by atoms with Gasteiger partial charge in [-0.05, 0) is 62.1 Å². The molecule has 182 valence electrons. The molecule has 7 nitrogen and oxygen atoms in total. The van der Waals surface area contributed by atoms with Gasteiger partial charge in [-0.2, -0.15) is 0 Å². The van der Waals surface area contributed by atoms with Crippen molar-refractivity contribution < 1.29 is 13.9 Å². The Balaban J connectivity index is 1.25. The number of piperidine rings is 1. The number of hydrogen-bond acceptors (Lipinski definition) is 8. The van der Waals surface area contributed by atoms with E-state index in [2.05, 4.69) is 30.4 Å². The van der Waals surface area contributed by atoms with E-state index in [1.807, 2.05) is 0 Å². The number of halogens is 2. The molecule has 2 saturated heterocycles. The maximum absolute atomic E-state index is 15.3. The van der Waals surface area contributed by atoms with Crippen molar-refractivity contribution in [2.45, 2.75) is 67.5 Å². The van der Waals surface area contributed by atoms with Crippen LogP contribution in [0.2, 0.25) is 0 Å². The van der Waals surface area contributed by atoms with Crippen LogP contribution in [0.15, 0.2) is 41.7 Å². The third-order valence-electron chi connectivity index (χ3n) is 7.24. The Morgan fingerprint density at radius 1 is 1.06 bits per heavy atom. The summed E-state index contributed by atoms with van der Waals surface area (Å²) >= 11 is 1.24. The number of benzene rings is 1. The number of aromatic hydroxyl groups is 1. The third kappa shape index (κ3) is 4.23. The average Bonchev–Trinajstić information content (AvgIpc) is 3.62. The highest BCUT2D eigenvalue weighted by atomic mass is 32.2. The molecule has 35 heavy (non-hydrogen) atoms. The number of nitrogens with one attached hydrogen (secondary N) is 1. The fraction of sp³-hybridized carbons (Fsp3) is 0.440. The number of nitrogens with zero attached hydrogens (tertiary/aromatic N) is 5. The standard InChI is InChI=1S/C25H26F2N6OS/c1-35-25-18(26)8-14(11-29-25)13-2-6-17(21(34)9-13)24-28-12-22(31-32-24)33(16-4-5-16)20-10-15-3-7-19(30-15)23(20)27/h2,6,8-9,11-12,15-16,19-20,23,30,34H,3-5,7,10H2,1H3/t15-,19-,20-,23+/m0/s1. The zero-order valence-electron chi connectivity index (χ0n) is 19.2. The van der Waals surface area contributed by atoms with Gasteiger partial charge in [-0.15, -0.1) is 22.0 Å². The number of fused-ring (bicyclic) bond motifs is 2. The molecular weight excluding hydrogens is 470 g/mol. The van der Waals surface area contributed by atoms with Gasteiger partial charge in [0.2, 0.25) is 0 Å². The smallest absolute Gasteiger partial charge is 0.185 e. The Kier molecular flexibility index (Phi) is 5.80. The number of pyridine rings is 1. The van der Waals surface area contributed by atoms with Crippen LogP contribution in [0.1, 0.15) is 32.1 Å². The van der Waals surface area contributed by atoms with Crippen LogP contribution in [-0.2, 0) is 0 Å². The fourth-order valence-electron chi connectivity index (χ4n) is 5.37. The minimum atomic E-state index is -0.947. The van der Waals surface area contributed by atoms with E-state index in [1.165, 1.54) is 23.9 Å². The summed E-state index contributed by atoms with van der Waals surface area (Å²) in [6, 6.07) is 6.71. The lowest BCUT2D eigenvalue weighted by Crippen LogP contribution is -2.57. The lowest BCUT2D eigenvalue weighted by molar-refractivity contribution is 0.171. The Morgan fingerprint density at radius 3 is 2.60 bits per heavy atom. The quantitative estimate of drug-likeness (QED) is 0.487. The van der Waals surface area contributed by atoms with Gasteiger partial charge in [-0.1, -0.05) is 6.07 Å². The highest BCUT2D eigenvalue weighted by molar-refractivity contribution is 7.98. The highest BCUT2D eigenvalue weighted by Crippen LogP contribution is 2.40. The SMILES string of the molecule is CSc1ncc(-c2ccc(-c3ncc(N(C4CC4)[C@H]4C[C@@H]5CC[C@H](N5)[C@H]4F)nn3)c(O)c2)cc1F. The van der Waals surface area contributed by atoms with E-state index in [0.717, 1.165) is 32.1 Å². The second-order valence-electron chi connectivity index (χ2n) is 9.52. The molecule has 3 aromatic rings. The second-order valence-corrected chi connectivity index (χ2v) is 10.3. The minimum absolute atomic E-state index is 0.0378. The Hall–Kier alpha value is -2.85. The van der Waals surface area contributed by atoms with Crippen LogP contribution in [0.25, 0.3) is 22.5 Å². The molecule has 4 heterocycles. The van der Waals surface area contributed by atoms with Gasteiger partial charge < -0.3 is 15.3 Å². The van der Waals surface area contributed by atoms with Crippen LogP contribution in [0.5, 0.6) is 5.75 Å². The topological polar surface area (TPSA) is 87.1 Å². The summed E-state index contributed by atoms with van der Waals surface area (Å²) < 4.78 is 29.4. The molecule has 2 aromatic heterocycles. The first-order valence-electron chi connectivity index (χ1n) is 11.9. The van der Waals surface area contributed by atoms with Gasteiger partial charge in [-0.3, -0.25) is 0 Å². The molecule has 1 aliphatic carbocycles. The van der Waals surface area contributed by atoms with Gasteiger partial charge in [0.25, 0.3) is 0 Å². The van der Waals surface area contributed by atoms with E-state index in [-0.39, 0.29) is 29.7 Å². The van der Waals surface area contributed by atoms with Gasteiger partial charge in [0.05, 0.1) is 17.8 Å². The summed E-state index contributed by atoms with van der Waals surface area (Å²) in [6.07, 6.45) is 8.71. The molecule has 0 amide bonds. The van der Waals surface area contributed by atoms with E-state index >= 15 is 4.39 Å². The van der Waals surface area contributed by atoms with Crippen molar-refractivity contribution in [1.82, 2.24) is 25.5 Å². The monoisotopic (exact) mass is 496 g/mol. The molecule has 4 atom stereocenters. The second kappa shape index (κ2) is 8.98. The van der Waals surface area contributed by atoms with Crippen LogP contribution in [-0.4, -0.2) is 61.9 Å². The normalized spacial score (nSPS) is 25.6. The molecule has 1 saturated carbocycles. The largest absolute Gasteiger partial charge is 0.507 e. The Morgan fingerprint density at radius 2 is 1.91 bits per heavy atom. The zero-order chi connectivity index (χ0) is 24.1. The summed E-state index contributed by atoms with van der Waals surface area (Å²) in [5.41, 5.74) is 1.61. The van der Waals surface area contributed by atoms with Gasteiger partial charge in [0.1, 0.15) is 16.9 Å². The van der Waals surface area contributed by atoms with E-state index in [4.69, 9.17) is 0 Å². The molecule has 2 bridgehead atoms. The lowest BCUT2D eigenvalue weighted by Gasteiger charge is -2.40. The van der Waals surface area contributed by atoms with Gasteiger partial charge in [-0.25, -0.2) is 18.7 Å². The first-order valence-corrected chi connectivity index (χ1v) is 13.2. The number of aromatic nitrogens is 4. The predicted octanol–water partition coefficient (Wildman–Crippen LogP) is 4.37. The summed E-state index contributed by atoms with van der Waals surface area (Å²) in [4.78, 5) is 10.7. The summed E-state index contributed by atoms with van der Waals surface area (Å²) in [6.45, 7) is 0. The third-order valence-corrected chi connectivity index (χ3v) is 7.93. The van der Waals surface area contributed by atoms with Crippen molar-refractivity contribution in [3.63, 3.8) is 0 Å². The molecule has 1 aromatic carbocycles. The molecule has 2 N–H and O–H groups in total. The summed E-state index contributed by atoms with van der Waals surface area (Å²) in [5, 5.41) is 23.1. The van der Waals surface area contributed by atoms with Crippen LogP contribution >= 0.6 is 11.8 Å². The van der Waals surface area contributed by atoms with Gasteiger partial charge in [0, 0.05) is 29.9 Å². The van der Waals surface area contributed by atoms with E-state index in [1.54, 1.807) is 30.8 Å². The van der Waals surface area contributed by atoms with Crippen molar-refractivity contribution in [2.75, 3.05) is 11.2 Å². The number of thioether (sulfide) groups is 1. The lowest BCUT2D eigenvalue weighted by atomic mass is 9.96. The fourth-order valence-corrected chi connectivity index (χ4v) is 5.78. The van der Waals surface area contributed by atoms with Crippen LogP contribution in [0, 0.1) is 5.82 Å². The minimum Gasteiger partial charge on any atom is -0.507 e. The number of phenolic OH excluding ortho intramolecular Hbond substituents is 1. The van der Waals surface area contributed by atoms with Crippen molar-refractivity contribution in [1.29, 1.82) is 0 Å². The molecule has 0 spiro atoms. The number of alkyl halides is 1. The van der Waals surface area contributed by atoms with Crippen LogP contribution < -0.4 is 10.2 Å². The Labute approximate surface area is 206 Å². The molecule has 6 rings (SSSR count). The zero-order valence-corrected chi connectivity index (χ0v) is 20.1. The first kappa shape index (κ1) is 22.6. The first-order chi connectivity index (χ1) is 17.0. The molecule has 3 fully saturated rings. The summed E-state index contributed by atoms with van der Waals surface area (Å²) in [7, 11) is 0. The van der Waals surface area contributed by atoms with E-state index in [9.17, 15) is 9.50 Å². The average molecular weight is 497 g/mol. The molecule has 0 radical (unpaired) electrons. The molecular formula is C25H26F2N6OS. The number of phenols is 1.